The van der Waals surface area contributed by atoms with E-state index in [9.17, 15) is 4.79 Å². The molecule has 0 atom stereocenters. The van der Waals surface area contributed by atoms with Gasteiger partial charge in [0.2, 0.25) is 5.91 Å². The summed E-state index contributed by atoms with van der Waals surface area (Å²) in [5, 5.41) is 0. The Balaban J connectivity index is 2.35. The number of nitrogens with zero attached hydrogens (tertiary/aromatic N) is 2. The van der Waals surface area contributed by atoms with E-state index in [1.54, 1.807) is 12.0 Å². The Morgan fingerprint density at radius 3 is 2.92 bits per heavy atom. The summed E-state index contributed by atoms with van der Waals surface area (Å²) in [5.41, 5.74) is 0. The highest BCUT2D eigenvalue weighted by molar-refractivity contribution is 5.78. The predicted molar refractivity (Wildman–Crippen MR) is 50.6 cm³/mol. The summed E-state index contributed by atoms with van der Waals surface area (Å²) >= 11 is 0. The molecule has 0 unspecified atom stereocenters. The highest BCUT2D eigenvalue weighted by Crippen LogP contribution is 2.01. The van der Waals surface area contributed by atoms with Gasteiger partial charge in [-0.25, -0.2) is 0 Å². The molecule has 1 aliphatic rings. The Labute approximate surface area is 79.4 Å². The van der Waals surface area contributed by atoms with Gasteiger partial charge >= 0.3 is 0 Å². The molecule has 1 amide bonds. The molecule has 4 heteroatoms. The molecule has 0 bridgehead atoms. The molecule has 0 N–H and O–H groups in total. The molecular weight excluding hydrogens is 168 g/mol. The van der Waals surface area contributed by atoms with Gasteiger partial charge in [0.05, 0.1) is 13.2 Å². The van der Waals surface area contributed by atoms with Gasteiger partial charge < -0.3 is 9.64 Å². The molecule has 0 aromatic heterocycles. The summed E-state index contributed by atoms with van der Waals surface area (Å²) in [6, 6.07) is 0. The van der Waals surface area contributed by atoms with Crippen LogP contribution in [0.4, 0.5) is 0 Å². The van der Waals surface area contributed by atoms with Crippen LogP contribution < -0.4 is 0 Å². The maximum Gasteiger partial charge on any atom is 0.236 e. The van der Waals surface area contributed by atoms with Gasteiger partial charge in [0.25, 0.3) is 0 Å². The van der Waals surface area contributed by atoms with Gasteiger partial charge in [-0.3, -0.25) is 9.69 Å². The predicted octanol–water partition coefficient (Wildman–Crippen LogP) is -0.203. The zero-order chi connectivity index (χ0) is 9.68. The third kappa shape index (κ3) is 3.32. The third-order valence-electron chi connectivity index (χ3n) is 2.36. The van der Waals surface area contributed by atoms with Crippen molar-refractivity contribution in [3.8, 4) is 0 Å². The Morgan fingerprint density at radius 1 is 1.46 bits per heavy atom. The quantitative estimate of drug-likeness (QED) is 0.612. The van der Waals surface area contributed by atoms with Crippen LogP contribution in [0.1, 0.15) is 6.42 Å². The van der Waals surface area contributed by atoms with Gasteiger partial charge in [-0.15, -0.1) is 0 Å². The summed E-state index contributed by atoms with van der Waals surface area (Å²) in [6.07, 6.45) is 1.06. The first-order valence-corrected chi connectivity index (χ1v) is 4.69. The molecule has 0 radical (unpaired) electrons. The van der Waals surface area contributed by atoms with Gasteiger partial charge in [-0.05, 0) is 6.42 Å². The van der Waals surface area contributed by atoms with Crippen LogP contribution in [0.25, 0.3) is 0 Å². The first kappa shape index (κ1) is 10.5. The van der Waals surface area contributed by atoms with Crippen molar-refractivity contribution < 1.29 is 9.53 Å². The normalized spacial score (nSPS) is 20.5. The summed E-state index contributed by atoms with van der Waals surface area (Å²) in [4.78, 5) is 15.4. The number of carbonyl (C=O) groups is 1. The van der Waals surface area contributed by atoms with Crippen LogP contribution in [0.2, 0.25) is 0 Å². The lowest BCUT2D eigenvalue weighted by Crippen LogP contribution is -2.35. The molecule has 1 saturated heterocycles. The number of rotatable bonds is 3. The van der Waals surface area contributed by atoms with Crippen molar-refractivity contribution in [1.29, 1.82) is 0 Å². The number of hydrogen-bond acceptors (Lipinski definition) is 3. The van der Waals surface area contributed by atoms with Crippen LogP contribution in [0.5, 0.6) is 0 Å². The molecule has 1 rings (SSSR count). The van der Waals surface area contributed by atoms with Crippen molar-refractivity contribution in [3.05, 3.63) is 0 Å². The van der Waals surface area contributed by atoms with Gasteiger partial charge in [0, 0.05) is 33.8 Å². The molecule has 76 valence electrons. The lowest BCUT2D eigenvalue weighted by atomic mass is 10.4. The number of ether oxygens (including phenoxy) is 1. The molecule has 1 aliphatic heterocycles. The van der Waals surface area contributed by atoms with E-state index in [1.807, 2.05) is 7.05 Å². The van der Waals surface area contributed by atoms with Crippen LogP contribution >= 0.6 is 0 Å². The molecule has 0 spiro atoms. The molecule has 0 aliphatic carbocycles. The fourth-order valence-corrected chi connectivity index (χ4v) is 1.46. The van der Waals surface area contributed by atoms with E-state index in [0.717, 1.165) is 26.1 Å². The largest absolute Gasteiger partial charge is 0.383 e. The average Bonchev–Trinajstić information content (AvgIpc) is 2.26. The molecular formula is C9H18N2O2. The highest BCUT2D eigenvalue weighted by atomic mass is 16.5. The van der Waals surface area contributed by atoms with Crippen molar-refractivity contribution in [3.63, 3.8) is 0 Å². The van der Waals surface area contributed by atoms with Gasteiger partial charge in [-0.2, -0.15) is 0 Å². The molecule has 1 heterocycles. The Hall–Kier alpha value is -0.610. The van der Waals surface area contributed by atoms with E-state index >= 15 is 0 Å². The monoisotopic (exact) mass is 186 g/mol. The molecule has 0 saturated carbocycles. The van der Waals surface area contributed by atoms with E-state index in [-0.39, 0.29) is 5.91 Å². The van der Waals surface area contributed by atoms with Crippen molar-refractivity contribution in [1.82, 2.24) is 9.80 Å². The maximum absolute atomic E-state index is 11.4. The summed E-state index contributed by atoms with van der Waals surface area (Å²) < 4.78 is 4.98. The Kier molecular flexibility index (Phi) is 4.18. The first-order valence-electron chi connectivity index (χ1n) is 4.69. The van der Waals surface area contributed by atoms with Crippen molar-refractivity contribution in [2.45, 2.75) is 6.42 Å². The summed E-state index contributed by atoms with van der Waals surface area (Å²) in [5.74, 6) is 0.216. The van der Waals surface area contributed by atoms with E-state index in [1.165, 1.54) is 0 Å². The number of methoxy groups -OCH3 is 1. The van der Waals surface area contributed by atoms with Crippen LogP contribution in [0.15, 0.2) is 0 Å². The van der Waals surface area contributed by atoms with Crippen LogP contribution in [0, 0.1) is 0 Å². The second-order valence-electron chi connectivity index (χ2n) is 3.44. The summed E-state index contributed by atoms with van der Waals surface area (Å²) in [7, 11) is 3.55. The van der Waals surface area contributed by atoms with E-state index in [4.69, 9.17) is 4.74 Å². The lowest BCUT2D eigenvalue weighted by molar-refractivity contribution is -0.129. The number of carbonyl (C=O) groups excluding carboxylic acids is 1. The minimum atomic E-state index is 0.216. The average molecular weight is 186 g/mol. The van der Waals surface area contributed by atoms with E-state index in [2.05, 4.69) is 4.90 Å². The number of hydrogen-bond donors (Lipinski definition) is 0. The van der Waals surface area contributed by atoms with E-state index in [0.29, 0.717) is 13.2 Å². The fraction of sp³-hybridized carbons (Fsp3) is 0.889. The molecule has 4 nitrogen and oxygen atoms in total. The third-order valence-corrected chi connectivity index (χ3v) is 2.36. The van der Waals surface area contributed by atoms with Gasteiger partial charge in [0.1, 0.15) is 0 Å². The first-order chi connectivity index (χ1) is 6.24. The fourth-order valence-electron chi connectivity index (χ4n) is 1.46. The number of likely N-dealkylation sites (N-methyl/N-ethyl adjacent to an activating group) is 1. The maximum atomic E-state index is 11.4. The van der Waals surface area contributed by atoms with Gasteiger partial charge in [0.15, 0.2) is 0 Å². The van der Waals surface area contributed by atoms with Crippen LogP contribution in [0.3, 0.4) is 0 Å². The van der Waals surface area contributed by atoms with Crippen molar-refractivity contribution in [2.75, 3.05) is 46.9 Å². The standard InChI is InChI=1S/C9H18N2O2/c1-10-4-3-5-11(6-7-13-2)8-9(10)12/h3-8H2,1-2H3. The minimum absolute atomic E-state index is 0.216. The topological polar surface area (TPSA) is 32.8 Å². The SMILES string of the molecule is COCCN1CCCN(C)C(=O)C1. The molecule has 0 aromatic rings. The summed E-state index contributed by atoms with van der Waals surface area (Å²) in [6.45, 7) is 3.98. The molecule has 0 aromatic carbocycles. The molecule has 1 fully saturated rings. The zero-order valence-corrected chi connectivity index (χ0v) is 8.45. The van der Waals surface area contributed by atoms with Crippen LogP contribution in [-0.2, 0) is 9.53 Å². The Morgan fingerprint density at radius 2 is 2.23 bits per heavy atom. The lowest BCUT2D eigenvalue weighted by Gasteiger charge is -2.18. The van der Waals surface area contributed by atoms with Gasteiger partial charge in [-0.1, -0.05) is 0 Å². The van der Waals surface area contributed by atoms with E-state index < -0.39 is 0 Å². The molecule has 13 heavy (non-hydrogen) atoms. The Bertz CT molecular complexity index is 171. The second-order valence-corrected chi connectivity index (χ2v) is 3.44. The smallest absolute Gasteiger partial charge is 0.236 e. The number of amides is 1. The zero-order valence-electron chi connectivity index (χ0n) is 8.45. The highest BCUT2D eigenvalue weighted by Gasteiger charge is 2.17. The van der Waals surface area contributed by atoms with Crippen LogP contribution in [-0.4, -0.2) is 62.7 Å². The second kappa shape index (κ2) is 5.19. The minimum Gasteiger partial charge on any atom is -0.383 e. The van der Waals surface area contributed by atoms with Crippen molar-refractivity contribution in [2.24, 2.45) is 0 Å². The van der Waals surface area contributed by atoms with Crippen molar-refractivity contribution >= 4 is 5.91 Å².